The molecule has 4 aromatic rings. The maximum atomic E-state index is 12.4. The van der Waals surface area contributed by atoms with Gasteiger partial charge in [-0.05, 0) is 36.6 Å². The van der Waals surface area contributed by atoms with Crippen LogP contribution in [0.3, 0.4) is 0 Å². The number of carbonyl (C=O) groups excluding carboxylic acids is 1. The molecule has 6 heteroatoms. The molecule has 0 aliphatic rings. The largest absolute Gasteiger partial charge is 0.325 e. The van der Waals surface area contributed by atoms with Crippen LogP contribution in [0.4, 0.5) is 15.6 Å². The third-order valence-electron chi connectivity index (χ3n) is 3.74. The monoisotopic (exact) mass is 348 g/mol. The van der Waals surface area contributed by atoms with Gasteiger partial charge in [0.05, 0.1) is 16.4 Å². The molecule has 0 bridgehead atoms. The summed E-state index contributed by atoms with van der Waals surface area (Å²) >= 11 is 1.55. The highest BCUT2D eigenvalue weighted by Gasteiger charge is 2.12. The fourth-order valence-corrected chi connectivity index (χ4v) is 3.62. The molecule has 25 heavy (non-hydrogen) atoms. The minimum Gasteiger partial charge on any atom is -0.299 e. The predicted octanol–water partition coefficient (Wildman–Crippen LogP) is 5.04. The number of aryl methyl sites for hydroxylation is 1. The number of amides is 2. The van der Waals surface area contributed by atoms with Crippen molar-refractivity contribution in [3.63, 3.8) is 0 Å². The lowest BCUT2D eigenvalue weighted by Gasteiger charge is -2.09. The van der Waals surface area contributed by atoms with Gasteiger partial charge in [-0.25, -0.2) is 9.48 Å². The minimum atomic E-state index is -0.288. The van der Waals surface area contributed by atoms with Crippen LogP contribution >= 0.6 is 11.3 Å². The van der Waals surface area contributed by atoms with Crippen molar-refractivity contribution >= 4 is 38.3 Å². The molecule has 0 aliphatic carbocycles. The summed E-state index contributed by atoms with van der Waals surface area (Å²) in [5.74, 6) is 0.627. The first-order chi connectivity index (χ1) is 12.2. The summed E-state index contributed by atoms with van der Waals surface area (Å²) in [5.41, 5.74) is 1.73. The number of anilines is 2. The van der Waals surface area contributed by atoms with Gasteiger partial charge in [0.2, 0.25) is 0 Å². The molecule has 0 saturated carbocycles. The van der Waals surface area contributed by atoms with Gasteiger partial charge in [0, 0.05) is 10.8 Å². The van der Waals surface area contributed by atoms with Gasteiger partial charge in [-0.3, -0.25) is 10.6 Å². The van der Waals surface area contributed by atoms with Crippen molar-refractivity contribution in [2.75, 3.05) is 10.6 Å². The van der Waals surface area contributed by atoms with Crippen molar-refractivity contribution in [2.24, 2.45) is 0 Å². The van der Waals surface area contributed by atoms with E-state index in [1.54, 1.807) is 16.0 Å². The van der Waals surface area contributed by atoms with Crippen LogP contribution in [0, 0.1) is 6.92 Å². The average molecular weight is 348 g/mol. The SMILES string of the molecule is Cc1cc(NC(=O)Nc2cc3ccccc3s2)n(-c2ccccc2)n1. The highest BCUT2D eigenvalue weighted by Crippen LogP contribution is 2.29. The first-order valence-electron chi connectivity index (χ1n) is 7.88. The Labute approximate surface area is 148 Å². The Bertz CT molecular complexity index is 1000. The average Bonchev–Trinajstić information content (AvgIpc) is 3.18. The Kier molecular flexibility index (Phi) is 3.95. The van der Waals surface area contributed by atoms with Crippen LogP contribution in [0.25, 0.3) is 15.8 Å². The van der Waals surface area contributed by atoms with Crippen LogP contribution < -0.4 is 10.6 Å². The Morgan fingerprint density at radius 3 is 2.56 bits per heavy atom. The van der Waals surface area contributed by atoms with Crippen LogP contribution in [-0.4, -0.2) is 15.8 Å². The van der Waals surface area contributed by atoms with E-state index in [9.17, 15) is 4.79 Å². The lowest BCUT2D eigenvalue weighted by molar-refractivity contribution is 0.262. The lowest BCUT2D eigenvalue weighted by atomic mass is 10.3. The summed E-state index contributed by atoms with van der Waals surface area (Å²) in [6.07, 6.45) is 0. The smallest absolute Gasteiger partial charge is 0.299 e. The molecule has 124 valence electrons. The van der Waals surface area contributed by atoms with Crippen molar-refractivity contribution in [3.05, 3.63) is 72.4 Å². The number of benzene rings is 2. The summed E-state index contributed by atoms with van der Waals surface area (Å²) in [5, 5.41) is 12.2. The Balaban J connectivity index is 1.55. The topological polar surface area (TPSA) is 59.0 Å². The van der Waals surface area contributed by atoms with Gasteiger partial charge in [-0.2, -0.15) is 5.10 Å². The van der Waals surface area contributed by atoms with Gasteiger partial charge in [0.15, 0.2) is 0 Å². The zero-order chi connectivity index (χ0) is 17.2. The first kappa shape index (κ1) is 15.4. The number of hydrogen-bond acceptors (Lipinski definition) is 3. The molecule has 2 aromatic heterocycles. The second-order valence-corrected chi connectivity index (χ2v) is 6.73. The van der Waals surface area contributed by atoms with Crippen molar-refractivity contribution in [1.82, 2.24) is 9.78 Å². The number of hydrogen-bond donors (Lipinski definition) is 2. The van der Waals surface area contributed by atoms with Gasteiger partial charge in [0.1, 0.15) is 5.82 Å². The Morgan fingerprint density at radius 1 is 1.00 bits per heavy atom. The maximum absolute atomic E-state index is 12.4. The highest BCUT2D eigenvalue weighted by atomic mass is 32.1. The number of aromatic nitrogens is 2. The molecule has 0 saturated heterocycles. The molecule has 5 nitrogen and oxygen atoms in total. The van der Waals surface area contributed by atoms with E-state index in [4.69, 9.17) is 0 Å². The van der Waals surface area contributed by atoms with Crippen LogP contribution in [-0.2, 0) is 0 Å². The minimum absolute atomic E-state index is 0.288. The van der Waals surface area contributed by atoms with E-state index in [-0.39, 0.29) is 6.03 Å². The van der Waals surface area contributed by atoms with Crippen molar-refractivity contribution in [2.45, 2.75) is 6.92 Å². The van der Waals surface area contributed by atoms with E-state index in [0.717, 1.165) is 26.5 Å². The van der Waals surface area contributed by atoms with Crippen LogP contribution in [0.1, 0.15) is 5.69 Å². The number of urea groups is 1. The molecule has 0 spiro atoms. The van der Waals surface area contributed by atoms with Crippen LogP contribution in [0.5, 0.6) is 0 Å². The van der Waals surface area contributed by atoms with E-state index < -0.39 is 0 Å². The van der Waals surface area contributed by atoms with E-state index >= 15 is 0 Å². The molecular formula is C19H16N4OS. The first-order valence-corrected chi connectivity index (χ1v) is 8.69. The number of nitrogens with one attached hydrogen (secondary N) is 2. The third-order valence-corrected chi connectivity index (χ3v) is 4.77. The Hall–Kier alpha value is -3.12. The van der Waals surface area contributed by atoms with E-state index in [2.05, 4.69) is 15.7 Å². The van der Waals surface area contributed by atoms with Crippen molar-refractivity contribution < 1.29 is 4.79 Å². The molecule has 0 atom stereocenters. The second-order valence-electron chi connectivity index (χ2n) is 5.65. The normalized spacial score (nSPS) is 10.8. The molecule has 2 amide bonds. The molecular weight excluding hydrogens is 332 g/mol. The molecule has 0 unspecified atom stereocenters. The summed E-state index contributed by atoms with van der Waals surface area (Å²) in [6, 6.07) is 21.3. The van der Waals surface area contributed by atoms with Gasteiger partial charge in [-0.15, -0.1) is 11.3 Å². The molecule has 0 aliphatic heterocycles. The maximum Gasteiger partial charge on any atom is 0.325 e. The van der Waals surface area contributed by atoms with Gasteiger partial charge < -0.3 is 0 Å². The van der Waals surface area contributed by atoms with E-state index in [1.807, 2.05) is 73.7 Å². The number of rotatable bonds is 3. The summed E-state index contributed by atoms with van der Waals surface area (Å²) in [6.45, 7) is 1.90. The zero-order valence-corrected chi connectivity index (χ0v) is 14.4. The number of carbonyl (C=O) groups is 1. The van der Waals surface area contributed by atoms with Crippen LogP contribution in [0.15, 0.2) is 66.7 Å². The molecule has 4 rings (SSSR count). The van der Waals surface area contributed by atoms with Gasteiger partial charge in [-0.1, -0.05) is 36.4 Å². The quantitative estimate of drug-likeness (QED) is 0.545. The van der Waals surface area contributed by atoms with Gasteiger partial charge >= 0.3 is 6.03 Å². The summed E-state index contributed by atoms with van der Waals surface area (Å²) < 4.78 is 2.86. The van der Waals surface area contributed by atoms with Crippen molar-refractivity contribution in [1.29, 1.82) is 0 Å². The number of thiophene rings is 1. The zero-order valence-electron chi connectivity index (χ0n) is 13.6. The fraction of sp³-hybridized carbons (Fsp3) is 0.0526. The Morgan fingerprint density at radius 2 is 1.76 bits per heavy atom. The fourth-order valence-electron chi connectivity index (χ4n) is 2.66. The molecule has 0 fully saturated rings. The van der Waals surface area contributed by atoms with E-state index in [1.165, 1.54) is 0 Å². The van der Waals surface area contributed by atoms with Crippen molar-refractivity contribution in [3.8, 4) is 5.69 Å². The summed E-state index contributed by atoms with van der Waals surface area (Å²) in [7, 11) is 0. The van der Waals surface area contributed by atoms with Gasteiger partial charge in [0.25, 0.3) is 0 Å². The standard InChI is InChI=1S/C19H16N4OS/c1-13-11-17(23(22-13)15-8-3-2-4-9-15)20-19(24)21-18-12-14-7-5-6-10-16(14)25-18/h2-12H,1H3,(H2,20,21,24). The molecule has 2 aromatic carbocycles. The predicted molar refractivity (Wildman–Crippen MR) is 103 cm³/mol. The highest BCUT2D eigenvalue weighted by molar-refractivity contribution is 7.22. The third kappa shape index (κ3) is 3.25. The van der Waals surface area contributed by atoms with E-state index in [0.29, 0.717) is 5.82 Å². The molecule has 0 radical (unpaired) electrons. The molecule has 2 N–H and O–H groups in total. The summed E-state index contributed by atoms with van der Waals surface area (Å²) in [4.78, 5) is 12.4. The number of para-hydroxylation sites is 1. The number of fused-ring (bicyclic) bond motifs is 1. The second kappa shape index (κ2) is 6.41. The van der Waals surface area contributed by atoms with Crippen LogP contribution in [0.2, 0.25) is 0 Å². The lowest BCUT2D eigenvalue weighted by Crippen LogP contribution is -2.20. The number of nitrogens with zero attached hydrogens (tertiary/aromatic N) is 2. The molecule has 2 heterocycles.